The Morgan fingerprint density at radius 3 is 2.71 bits per heavy atom. The van der Waals surface area contributed by atoms with E-state index in [0.717, 1.165) is 11.3 Å². The van der Waals surface area contributed by atoms with Crippen LogP contribution in [0.3, 0.4) is 0 Å². The quantitative estimate of drug-likeness (QED) is 0.891. The monoisotopic (exact) mass is 333 g/mol. The Hall–Kier alpha value is -1.12. The van der Waals surface area contributed by atoms with Gasteiger partial charge in [0.2, 0.25) is 0 Å². The number of carboxylic acid groups (broad SMARTS) is 1. The molecule has 6 nitrogen and oxygen atoms in total. The Labute approximate surface area is 128 Å². The number of sulfonamides is 1. The summed E-state index contributed by atoms with van der Waals surface area (Å²) in [6.07, 6.45) is 0.532. The molecule has 1 N–H and O–H groups in total. The van der Waals surface area contributed by atoms with Crippen molar-refractivity contribution >= 4 is 27.3 Å². The highest BCUT2D eigenvalue weighted by molar-refractivity contribution is 7.91. The van der Waals surface area contributed by atoms with Gasteiger partial charge in [0.25, 0.3) is 10.0 Å². The molecule has 2 heterocycles. The minimum atomic E-state index is -3.63. The van der Waals surface area contributed by atoms with Crippen molar-refractivity contribution in [2.45, 2.75) is 36.4 Å². The van der Waals surface area contributed by atoms with Gasteiger partial charge in [-0.1, -0.05) is 11.3 Å². The van der Waals surface area contributed by atoms with Crippen molar-refractivity contribution in [2.75, 3.05) is 13.7 Å². The first kappa shape index (κ1) is 16.3. The van der Waals surface area contributed by atoms with Crippen LogP contribution in [0.2, 0.25) is 0 Å². The molecular formula is C13H19NO5S2. The smallest absolute Gasteiger partial charge is 0.303 e. The number of carbonyl (C=O) groups is 1. The number of thiophene rings is 1. The molecule has 1 atom stereocenters. The Morgan fingerprint density at radius 2 is 2.19 bits per heavy atom. The van der Waals surface area contributed by atoms with Crippen LogP contribution in [0.5, 0.6) is 5.06 Å². The van der Waals surface area contributed by atoms with E-state index in [2.05, 4.69) is 0 Å². The fourth-order valence-electron chi connectivity index (χ4n) is 2.82. The van der Waals surface area contributed by atoms with Crippen LogP contribution < -0.4 is 4.74 Å². The third-order valence-electron chi connectivity index (χ3n) is 3.65. The topological polar surface area (TPSA) is 83.9 Å². The molecule has 1 unspecified atom stereocenters. The molecule has 0 radical (unpaired) electrons. The maximum atomic E-state index is 12.7. The molecule has 1 aliphatic rings. The second kappa shape index (κ2) is 5.58. The van der Waals surface area contributed by atoms with Crippen LogP contribution in [-0.4, -0.2) is 43.0 Å². The summed E-state index contributed by atoms with van der Waals surface area (Å²) in [4.78, 5) is 10.9. The van der Waals surface area contributed by atoms with Gasteiger partial charge in [-0.2, -0.15) is 4.31 Å². The summed E-state index contributed by atoms with van der Waals surface area (Å²) in [7, 11) is -2.13. The van der Waals surface area contributed by atoms with E-state index in [1.807, 2.05) is 13.8 Å². The van der Waals surface area contributed by atoms with E-state index < -0.39 is 21.5 Å². The summed E-state index contributed by atoms with van der Waals surface area (Å²) in [5, 5.41) is 9.44. The van der Waals surface area contributed by atoms with Crippen LogP contribution >= 0.6 is 11.3 Å². The number of aliphatic carboxylic acids is 1. The van der Waals surface area contributed by atoms with Crippen molar-refractivity contribution < 1.29 is 23.1 Å². The lowest BCUT2D eigenvalue weighted by atomic mass is 9.95. The molecule has 0 aromatic carbocycles. The van der Waals surface area contributed by atoms with Gasteiger partial charge in [-0.15, -0.1) is 0 Å². The van der Waals surface area contributed by atoms with Gasteiger partial charge >= 0.3 is 5.97 Å². The van der Waals surface area contributed by atoms with Gasteiger partial charge in [0.15, 0.2) is 5.06 Å². The molecule has 2 rings (SSSR count). The molecule has 8 heteroatoms. The van der Waals surface area contributed by atoms with Crippen LogP contribution in [0.1, 0.15) is 26.7 Å². The molecule has 0 amide bonds. The van der Waals surface area contributed by atoms with Crippen molar-refractivity contribution in [2.24, 2.45) is 5.92 Å². The molecule has 0 bridgehead atoms. The molecule has 21 heavy (non-hydrogen) atoms. The maximum absolute atomic E-state index is 12.7. The SMILES string of the molecule is COc1ccc(S(=O)(=O)N2CC(CC(=O)O)CC2(C)C)s1. The summed E-state index contributed by atoms with van der Waals surface area (Å²) in [5.74, 6) is -1.05. The molecule has 0 aliphatic carbocycles. The van der Waals surface area contributed by atoms with Crippen molar-refractivity contribution in [1.82, 2.24) is 4.31 Å². The number of nitrogens with zero attached hydrogens (tertiary/aromatic N) is 1. The van der Waals surface area contributed by atoms with E-state index in [0.29, 0.717) is 11.5 Å². The van der Waals surface area contributed by atoms with E-state index in [-0.39, 0.29) is 23.1 Å². The highest BCUT2D eigenvalue weighted by atomic mass is 32.2. The molecule has 1 aromatic rings. The first-order chi connectivity index (χ1) is 9.66. The molecule has 1 saturated heterocycles. The number of hydrogen-bond donors (Lipinski definition) is 1. The summed E-state index contributed by atoms with van der Waals surface area (Å²) < 4.78 is 32.2. The first-order valence-electron chi connectivity index (χ1n) is 6.55. The number of carboxylic acids is 1. The van der Waals surface area contributed by atoms with Gasteiger partial charge in [-0.05, 0) is 38.3 Å². The minimum Gasteiger partial charge on any atom is -0.487 e. The van der Waals surface area contributed by atoms with Gasteiger partial charge in [0.1, 0.15) is 4.21 Å². The lowest BCUT2D eigenvalue weighted by Crippen LogP contribution is -2.42. The van der Waals surface area contributed by atoms with Crippen LogP contribution in [0.25, 0.3) is 0 Å². The largest absolute Gasteiger partial charge is 0.487 e. The summed E-state index contributed by atoms with van der Waals surface area (Å²) in [6.45, 7) is 3.90. The van der Waals surface area contributed by atoms with Gasteiger partial charge < -0.3 is 9.84 Å². The van der Waals surface area contributed by atoms with Crippen molar-refractivity contribution in [3.63, 3.8) is 0 Å². The van der Waals surface area contributed by atoms with Gasteiger partial charge in [0.05, 0.1) is 7.11 Å². The summed E-state index contributed by atoms with van der Waals surface area (Å²) in [6, 6.07) is 3.15. The predicted molar refractivity (Wildman–Crippen MR) is 79.2 cm³/mol. The number of ether oxygens (including phenoxy) is 1. The van der Waals surface area contributed by atoms with Gasteiger partial charge in [-0.3, -0.25) is 4.79 Å². The van der Waals surface area contributed by atoms with Crippen molar-refractivity contribution in [3.8, 4) is 5.06 Å². The Morgan fingerprint density at radius 1 is 1.52 bits per heavy atom. The average molecular weight is 333 g/mol. The minimum absolute atomic E-state index is 0.0107. The van der Waals surface area contributed by atoms with Crippen molar-refractivity contribution in [1.29, 1.82) is 0 Å². The maximum Gasteiger partial charge on any atom is 0.303 e. The van der Waals surface area contributed by atoms with E-state index in [1.165, 1.54) is 17.5 Å². The van der Waals surface area contributed by atoms with Crippen LogP contribution in [-0.2, 0) is 14.8 Å². The van der Waals surface area contributed by atoms with Crippen LogP contribution in [0.4, 0.5) is 0 Å². The van der Waals surface area contributed by atoms with E-state index in [4.69, 9.17) is 9.84 Å². The second-order valence-electron chi connectivity index (χ2n) is 5.79. The fraction of sp³-hybridized carbons (Fsp3) is 0.615. The third-order valence-corrected chi connectivity index (χ3v) is 7.24. The van der Waals surface area contributed by atoms with Crippen LogP contribution in [0.15, 0.2) is 16.3 Å². The van der Waals surface area contributed by atoms with Crippen molar-refractivity contribution in [3.05, 3.63) is 12.1 Å². The number of methoxy groups -OCH3 is 1. The summed E-state index contributed by atoms with van der Waals surface area (Å²) in [5.41, 5.74) is -0.587. The van der Waals surface area contributed by atoms with E-state index in [9.17, 15) is 13.2 Å². The second-order valence-corrected chi connectivity index (χ2v) is 8.93. The van der Waals surface area contributed by atoms with Crippen LogP contribution in [0, 0.1) is 5.92 Å². The van der Waals surface area contributed by atoms with Gasteiger partial charge in [0, 0.05) is 18.5 Å². The highest BCUT2D eigenvalue weighted by Gasteiger charge is 2.46. The standard InChI is InChI=1S/C13H19NO5S2/c1-13(2)7-9(6-10(15)16)8-14(13)21(17,18)12-5-4-11(19-3)20-12/h4-5,9H,6-8H2,1-3H3,(H,15,16). The predicted octanol–water partition coefficient (Wildman–Crippen LogP) is 2.02. The summed E-state index contributed by atoms with van der Waals surface area (Å²) >= 11 is 1.07. The zero-order chi connectivity index (χ0) is 15.8. The fourth-order valence-corrected chi connectivity index (χ4v) is 5.90. The molecule has 1 fully saturated rings. The molecule has 1 aliphatic heterocycles. The zero-order valence-corrected chi connectivity index (χ0v) is 13.8. The van der Waals surface area contributed by atoms with E-state index in [1.54, 1.807) is 6.07 Å². The molecule has 1 aromatic heterocycles. The number of rotatable bonds is 5. The van der Waals surface area contributed by atoms with Gasteiger partial charge in [-0.25, -0.2) is 8.42 Å². The molecule has 118 valence electrons. The molecule has 0 spiro atoms. The Bertz CT molecular complexity index is 635. The lowest BCUT2D eigenvalue weighted by Gasteiger charge is -2.29. The molecule has 0 saturated carbocycles. The normalized spacial score (nSPS) is 22.3. The number of hydrogen-bond acceptors (Lipinski definition) is 5. The highest BCUT2D eigenvalue weighted by Crippen LogP contribution is 2.40. The lowest BCUT2D eigenvalue weighted by molar-refractivity contribution is -0.138. The Balaban J connectivity index is 2.28. The Kier molecular flexibility index (Phi) is 4.32. The van der Waals surface area contributed by atoms with E-state index >= 15 is 0 Å². The first-order valence-corrected chi connectivity index (χ1v) is 8.81. The third kappa shape index (κ3) is 3.22. The average Bonchev–Trinajstić information content (AvgIpc) is 2.93. The zero-order valence-electron chi connectivity index (χ0n) is 12.2. The molecular weight excluding hydrogens is 314 g/mol.